The minimum absolute atomic E-state index is 0.0469. The molecule has 3 nitrogen and oxygen atoms in total. The van der Waals surface area contributed by atoms with Crippen molar-refractivity contribution in [2.75, 3.05) is 13.2 Å². The van der Waals surface area contributed by atoms with Crippen molar-refractivity contribution in [1.29, 1.82) is 0 Å². The van der Waals surface area contributed by atoms with Crippen LogP contribution >= 0.6 is 0 Å². The van der Waals surface area contributed by atoms with Crippen molar-refractivity contribution in [3.63, 3.8) is 0 Å². The molecule has 3 heteroatoms. The number of benzene rings is 1. The third kappa shape index (κ3) is 3.40. The van der Waals surface area contributed by atoms with E-state index in [9.17, 15) is 4.79 Å². The van der Waals surface area contributed by atoms with Gasteiger partial charge in [0.2, 0.25) is 0 Å². The molecular weight excluding hydrogens is 250 g/mol. The Kier molecular flexibility index (Phi) is 4.81. The van der Waals surface area contributed by atoms with Crippen LogP contribution in [-0.2, 0) is 0 Å². The highest BCUT2D eigenvalue weighted by molar-refractivity contribution is 5.97. The summed E-state index contributed by atoms with van der Waals surface area (Å²) in [5, 5.41) is 8.80. The Morgan fingerprint density at radius 3 is 2.80 bits per heavy atom. The second-order valence-corrected chi connectivity index (χ2v) is 5.15. The minimum atomic E-state index is 0.0469. The van der Waals surface area contributed by atoms with Crippen LogP contribution in [0.2, 0.25) is 0 Å². The van der Waals surface area contributed by atoms with E-state index >= 15 is 0 Å². The zero-order chi connectivity index (χ0) is 14.5. The van der Waals surface area contributed by atoms with Crippen LogP contribution in [0.1, 0.15) is 47.7 Å². The lowest BCUT2D eigenvalue weighted by Crippen LogP contribution is -2.33. The summed E-state index contributed by atoms with van der Waals surface area (Å²) < 4.78 is 0. The molecule has 0 bridgehead atoms. The quantitative estimate of drug-likeness (QED) is 0.854. The van der Waals surface area contributed by atoms with Crippen LogP contribution in [0.25, 0.3) is 0 Å². The van der Waals surface area contributed by atoms with E-state index in [1.54, 1.807) is 0 Å². The first-order chi connectivity index (χ1) is 9.67. The molecule has 0 heterocycles. The Morgan fingerprint density at radius 2 is 2.20 bits per heavy atom. The molecule has 0 aromatic heterocycles. The molecule has 1 saturated carbocycles. The summed E-state index contributed by atoms with van der Waals surface area (Å²) in [6.45, 7) is 4.78. The molecule has 0 atom stereocenters. The van der Waals surface area contributed by atoms with Crippen molar-refractivity contribution in [3.8, 4) is 11.8 Å². The molecular formula is C17H21NO2. The van der Waals surface area contributed by atoms with E-state index in [1.807, 2.05) is 36.9 Å². The maximum absolute atomic E-state index is 12.7. The van der Waals surface area contributed by atoms with Gasteiger partial charge in [0.15, 0.2) is 0 Å². The predicted molar refractivity (Wildman–Crippen MR) is 79.5 cm³/mol. The molecule has 1 aromatic rings. The van der Waals surface area contributed by atoms with Gasteiger partial charge >= 0.3 is 0 Å². The summed E-state index contributed by atoms with van der Waals surface area (Å²) in [4.78, 5) is 14.6. The summed E-state index contributed by atoms with van der Waals surface area (Å²) >= 11 is 0. The smallest absolute Gasteiger partial charge is 0.255 e. The van der Waals surface area contributed by atoms with Gasteiger partial charge in [0.25, 0.3) is 5.91 Å². The Hall–Kier alpha value is -1.79. The maximum Gasteiger partial charge on any atom is 0.255 e. The molecule has 1 amide bonds. The average molecular weight is 271 g/mol. The number of aliphatic hydroxyl groups is 1. The number of aryl methyl sites for hydroxylation is 1. The second-order valence-electron chi connectivity index (χ2n) is 5.15. The highest BCUT2D eigenvalue weighted by Gasteiger charge is 2.32. The highest BCUT2D eigenvalue weighted by atomic mass is 16.2. The first-order valence-corrected chi connectivity index (χ1v) is 7.18. The molecule has 1 aliphatic carbocycles. The van der Waals surface area contributed by atoms with Crippen LogP contribution in [0.4, 0.5) is 0 Å². The molecule has 0 saturated heterocycles. The topological polar surface area (TPSA) is 40.5 Å². The lowest BCUT2D eigenvalue weighted by atomic mass is 10.0. The maximum atomic E-state index is 12.7. The van der Waals surface area contributed by atoms with Gasteiger partial charge in [-0.15, -0.1) is 0 Å². The van der Waals surface area contributed by atoms with E-state index in [4.69, 9.17) is 5.11 Å². The first-order valence-electron chi connectivity index (χ1n) is 7.18. The third-order valence-electron chi connectivity index (χ3n) is 3.45. The van der Waals surface area contributed by atoms with E-state index in [-0.39, 0.29) is 12.5 Å². The molecule has 1 N–H and O–H groups in total. The van der Waals surface area contributed by atoms with Crippen LogP contribution in [0.3, 0.4) is 0 Å². The number of carbonyl (C=O) groups excluding carboxylic acids is 1. The van der Waals surface area contributed by atoms with Gasteiger partial charge in [0.05, 0.1) is 12.2 Å². The van der Waals surface area contributed by atoms with Gasteiger partial charge in [-0.3, -0.25) is 4.79 Å². The Morgan fingerprint density at radius 1 is 1.45 bits per heavy atom. The van der Waals surface area contributed by atoms with Crippen molar-refractivity contribution >= 4 is 5.91 Å². The second kappa shape index (κ2) is 6.58. The summed E-state index contributed by atoms with van der Waals surface area (Å²) in [6.07, 6.45) is 2.65. The zero-order valence-electron chi connectivity index (χ0n) is 12.1. The number of hydrogen-bond donors (Lipinski definition) is 1. The van der Waals surface area contributed by atoms with Crippen LogP contribution in [0.5, 0.6) is 0 Å². The number of hydrogen-bond acceptors (Lipinski definition) is 2. The molecule has 1 fully saturated rings. The van der Waals surface area contributed by atoms with Crippen molar-refractivity contribution in [1.82, 2.24) is 4.90 Å². The summed E-state index contributed by atoms with van der Waals surface area (Å²) in [5.41, 5.74) is 2.50. The fourth-order valence-electron chi connectivity index (χ4n) is 2.27. The van der Waals surface area contributed by atoms with Gasteiger partial charge in [-0.1, -0.05) is 23.5 Å². The fraction of sp³-hybridized carbons (Fsp3) is 0.471. The number of nitrogens with zero attached hydrogens (tertiary/aromatic N) is 1. The SMILES string of the molecule is CCN(C(=O)c1cc(C)ccc1C#CCCO)C1CC1. The third-order valence-corrected chi connectivity index (χ3v) is 3.45. The van der Waals surface area contributed by atoms with Gasteiger partial charge in [0.1, 0.15) is 0 Å². The number of aliphatic hydroxyl groups excluding tert-OH is 1. The summed E-state index contributed by atoms with van der Waals surface area (Å²) in [5.74, 6) is 5.98. The van der Waals surface area contributed by atoms with E-state index < -0.39 is 0 Å². The van der Waals surface area contributed by atoms with Crippen molar-refractivity contribution in [2.24, 2.45) is 0 Å². The largest absolute Gasteiger partial charge is 0.395 e. The van der Waals surface area contributed by atoms with Crippen molar-refractivity contribution in [3.05, 3.63) is 34.9 Å². The Bertz CT molecular complexity index is 550. The van der Waals surface area contributed by atoms with E-state index in [0.29, 0.717) is 18.0 Å². The van der Waals surface area contributed by atoms with Gasteiger partial charge in [-0.25, -0.2) is 0 Å². The summed E-state index contributed by atoms with van der Waals surface area (Å²) in [6, 6.07) is 6.18. The summed E-state index contributed by atoms with van der Waals surface area (Å²) in [7, 11) is 0. The molecule has 1 aliphatic rings. The lowest BCUT2D eigenvalue weighted by Gasteiger charge is -2.21. The van der Waals surface area contributed by atoms with Crippen molar-refractivity contribution < 1.29 is 9.90 Å². The average Bonchev–Trinajstić information content (AvgIpc) is 3.26. The standard InChI is InChI=1S/C17H21NO2/c1-3-18(15-9-10-15)17(20)16-12-13(2)7-8-14(16)6-4-5-11-19/h7-8,12,15,19H,3,5,9-11H2,1-2H3. The van der Waals surface area contributed by atoms with Crippen LogP contribution in [0.15, 0.2) is 18.2 Å². The number of rotatable bonds is 4. The molecule has 0 unspecified atom stereocenters. The van der Waals surface area contributed by atoms with Gasteiger partial charge < -0.3 is 10.0 Å². The van der Waals surface area contributed by atoms with Crippen molar-refractivity contribution in [2.45, 2.75) is 39.2 Å². The predicted octanol–water partition coefficient (Wildman–Crippen LogP) is 2.35. The number of carbonyl (C=O) groups is 1. The Balaban J connectivity index is 2.31. The lowest BCUT2D eigenvalue weighted by molar-refractivity contribution is 0.0752. The van der Waals surface area contributed by atoms with E-state index in [1.165, 1.54) is 0 Å². The van der Waals surface area contributed by atoms with Crippen LogP contribution in [0, 0.1) is 18.8 Å². The number of amides is 1. The monoisotopic (exact) mass is 271 g/mol. The highest BCUT2D eigenvalue weighted by Crippen LogP contribution is 2.28. The molecule has 0 aliphatic heterocycles. The fourth-order valence-corrected chi connectivity index (χ4v) is 2.27. The van der Waals surface area contributed by atoms with Gasteiger partial charge in [-0.2, -0.15) is 0 Å². The Labute approximate surface area is 120 Å². The van der Waals surface area contributed by atoms with E-state index in [2.05, 4.69) is 11.8 Å². The molecule has 0 spiro atoms. The molecule has 1 aromatic carbocycles. The van der Waals surface area contributed by atoms with Crippen LogP contribution in [-0.4, -0.2) is 35.1 Å². The molecule has 20 heavy (non-hydrogen) atoms. The minimum Gasteiger partial charge on any atom is -0.395 e. The zero-order valence-corrected chi connectivity index (χ0v) is 12.1. The normalized spacial score (nSPS) is 13.6. The molecule has 0 radical (unpaired) electrons. The molecule has 2 rings (SSSR count). The first kappa shape index (κ1) is 14.6. The molecule has 106 valence electrons. The van der Waals surface area contributed by atoms with Gasteiger partial charge in [0, 0.05) is 24.6 Å². The van der Waals surface area contributed by atoms with E-state index in [0.717, 1.165) is 30.5 Å². The van der Waals surface area contributed by atoms with Crippen LogP contribution < -0.4 is 0 Å². The van der Waals surface area contributed by atoms with Gasteiger partial charge in [-0.05, 0) is 38.8 Å².